The second kappa shape index (κ2) is 7.05. The third-order valence-corrected chi connectivity index (χ3v) is 1.80. The van der Waals surface area contributed by atoms with Gasteiger partial charge in [-0.3, -0.25) is 4.79 Å². The number of amides is 1. The smallest absolute Gasteiger partial charge is 0.248 e. The Kier molecular flexibility index (Phi) is 6.44. The van der Waals surface area contributed by atoms with Crippen LogP contribution in [0.4, 0.5) is 0 Å². The Morgan fingerprint density at radius 3 is 2.67 bits per heavy atom. The Morgan fingerprint density at radius 1 is 1.60 bits per heavy atom. The number of nitrogens with zero attached hydrogens (tertiary/aromatic N) is 2. The van der Waals surface area contributed by atoms with E-state index in [0.29, 0.717) is 13.0 Å². The van der Waals surface area contributed by atoms with E-state index in [4.69, 9.17) is 15.7 Å². The Labute approximate surface area is 89.7 Å². The van der Waals surface area contributed by atoms with Crippen molar-refractivity contribution in [2.75, 3.05) is 20.2 Å². The molecule has 0 saturated carbocycles. The van der Waals surface area contributed by atoms with Crippen molar-refractivity contribution in [1.82, 2.24) is 4.90 Å². The van der Waals surface area contributed by atoms with Gasteiger partial charge in [-0.05, 0) is 13.8 Å². The molecular formula is C9H19N3O3. The van der Waals surface area contributed by atoms with E-state index in [2.05, 4.69) is 5.16 Å². The van der Waals surface area contributed by atoms with Crippen LogP contribution in [0.1, 0.15) is 20.3 Å². The molecule has 0 aliphatic carbocycles. The van der Waals surface area contributed by atoms with Crippen LogP contribution in [0.25, 0.3) is 0 Å². The number of carbonyl (C=O) groups excluding carboxylic acids is 1. The molecule has 6 nitrogen and oxygen atoms in total. The second-order valence-corrected chi connectivity index (χ2v) is 3.52. The van der Waals surface area contributed by atoms with Crippen LogP contribution < -0.4 is 5.73 Å². The molecule has 15 heavy (non-hydrogen) atoms. The van der Waals surface area contributed by atoms with Crippen LogP contribution in [0.2, 0.25) is 0 Å². The number of ether oxygens (including phenoxy) is 1. The van der Waals surface area contributed by atoms with Gasteiger partial charge in [0.2, 0.25) is 5.91 Å². The fraction of sp³-hybridized carbons (Fsp3) is 0.778. The van der Waals surface area contributed by atoms with Crippen molar-refractivity contribution in [3.05, 3.63) is 0 Å². The highest BCUT2D eigenvalue weighted by Gasteiger charge is 2.09. The summed E-state index contributed by atoms with van der Waals surface area (Å²) in [5, 5.41) is 11.1. The lowest BCUT2D eigenvalue weighted by Gasteiger charge is -2.17. The largest absolute Gasteiger partial charge is 0.409 e. The molecule has 0 heterocycles. The Bertz CT molecular complexity index is 229. The van der Waals surface area contributed by atoms with Crippen molar-refractivity contribution in [2.24, 2.45) is 10.9 Å². The highest BCUT2D eigenvalue weighted by atomic mass is 16.5. The van der Waals surface area contributed by atoms with Crippen LogP contribution >= 0.6 is 0 Å². The zero-order chi connectivity index (χ0) is 11.8. The van der Waals surface area contributed by atoms with Crippen LogP contribution in [0.15, 0.2) is 5.16 Å². The van der Waals surface area contributed by atoms with Gasteiger partial charge in [-0.1, -0.05) is 5.16 Å². The van der Waals surface area contributed by atoms with Gasteiger partial charge in [-0.15, -0.1) is 0 Å². The van der Waals surface area contributed by atoms with E-state index in [1.54, 1.807) is 7.05 Å². The number of nitrogens with two attached hydrogens (primary N) is 1. The molecular weight excluding hydrogens is 198 g/mol. The average molecular weight is 217 g/mol. The molecule has 0 atom stereocenters. The molecule has 0 radical (unpaired) electrons. The first-order valence-corrected chi connectivity index (χ1v) is 4.79. The maximum absolute atomic E-state index is 11.4. The van der Waals surface area contributed by atoms with E-state index in [1.165, 1.54) is 4.90 Å². The summed E-state index contributed by atoms with van der Waals surface area (Å²) in [5.41, 5.74) is 5.27. The van der Waals surface area contributed by atoms with Crippen LogP contribution in [0.3, 0.4) is 0 Å². The molecule has 0 unspecified atom stereocenters. The molecule has 3 N–H and O–H groups in total. The maximum Gasteiger partial charge on any atom is 0.248 e. The summed E-state index contributed by atoms with van der Waals surface area (Å²) in [4.78, 5) is 12.9. The number of carbonyl (C=O) groups is 1. The number of amidine groups is 1. The fourth-order valence-electron chi connectivity index (χ4n) is 0.805. The minimum Gasteiger partial charge on any atom is -0.409 e. The first-order valence-electron chi connectivity index (χ1n) is 4.79. The number of oxime groups is 1. The normalized spacial score (nSPS) is 11.9. The SMILES string of the molecule is CC(C)OCC(=O)N(C)CCC(N)=NO. The zero-order valence-electron chi connectivity index (χ0n) is 9.43. The van der Waals surface area contributed by atoms with Crippen molar-refractivity contribution >= 4 is 11.7 Å². The molecule has 0 rings (SSSR count). The zero-order valence-corrected chi connectivity index (χ0v) is 9.43. The van der Waals surface area contributed by atoms with Crippen LogP contribution in [-0.4, -0.2) is 48.2 Å². The molecule has 6 heteroatoms. The lowest BCUT2D eigenvalue weighted by atomic mass is 10.3. The van der Waals surface area contributed by atoms with Gasteiger partial charge < -0.3 is 20.6 Å². The summed E-state index contributed by atoms with van der Waals surface area (Å²) >= 11 is 0. The Balaban J connectivity index is 3.79. The topological polar surface area (TPSA) is 88.2 Å². The average Bonchev–Trinajstić information content (AvgIpc) is 2.21. The second-order valence-electron chi connectivity index (χ2n) is 3.52. The van der Waals surface area contributed by atoms with Crippen LogP contribution in [-0.2, 0) is 9.53 Å². The first kappa shape index (κ1) is 13.7. The van der Waals surface area contributed by atoms with Gasteiger partial charge in [-0.25, -0.2) is 0 Å². The van der Waals surface area contributed by atoms with E-state index in [0.717, 1.165) is 0 Å². The third-order valence-electron chi connectivity index (χ3n) is 1.80. The first-order chi connectivity index (χ1) is 6.97. The van der Waals surface area contributed by atoms with Crippen molar-refractivity contribution in [3.63, 3.8) is 0 Å². The van der Waals surface area contributed by atoms with Gasteiger partial charge in [0, 0.05) is 20.0 Å². The molecule has 0 spiro atoms. The molecule has 0 fully saturated rings. The highest BCUT2D eigenvalue weighted by Crippen LogP contribution is 1.93. The highest BCUT2D eigenvalue weighted by molar-refractivity contribution is 5.81. The van der Waals surface area contributed by atoms with E-state index in [1.807, 2.05) is 13.8 Å². The molecule has 0 aromatic rings. The number of rotatable bonds is 6. The number of hydrogen-bond acceptors (Lipinski definition) is 4. The van der Waals surface area contributed by atoms with Crippen LogP contribution in [0, 0.1) is 0 Å². The molecule has 0 bridgehead atoms. The molecule has 88 valence electrons. The summed E-state index contributed by atoms with van der Waals surface area (Å²) in [7, 11) is 1.65. The molecule has 1 amide bonds. The predicted octanol–water partition coefficient (Wildman–Crippen LogP) is 0.00630. The number of likely N-dealkylation sites (N-methyl/N-ethyl adjacent to an activating group) is 1. The molecule has 0 aromatic carbocycles. The van der Waals surface area contributed by atoms with Crippen molar-refractivity contribution in [3.8, 4) is 0 Å². The fourth-order valence-corrected chi connectivity index (χ4v) is 0.805. The van der Waals surface area contributed by atoms with Crippen LogP contribution in [0.5, 0.6) is 0 Å². The van der Waals surface area contributed by atoms with Crippen molar-refractivity contribution in [1.29, 1.82) is 0 Å². The Hall–Kier alpha value is -1.30. The van der Waals surface area contributed by atoms with Gasteiger partial charge in [-0.2, -0.15) is 0 Å². The van der Waals surface area contributed by atoms with Gasteiger partial charge in [0.15, 0.2) is 0 Å². The lowest BCUT2D eigenvalue weighted by molar-refractivity contribution is -0.136. The summed E-state index contributed by atoms with van der Waals surface area (Å²) in [5.74, 6) is -0.00568. The molecule has 0 saturated heterocycles. The monoisotopic (exact) mass is 217 g/mol. The van der Waals surface area contributed by atoms with Gasteiger partial charge in [0.1, 0.15) is 12.4 Å². The molecule has 0 aromatic heterocycles. The Morgan fingerprint density at radius 2 is 2.20 bits per heavy atom. The molecule has 0 aliphatic heterocycles. The summed E-state index contributed by atoms with van der Waals surface area (Å²) < 4.78 is 5.16. The van der Waals surface area contributed by atoms with Crippen molar-refractivity contribution in [2.45, 2.75) is 26.4 Å². The predicted molar refractivity (Wildman–Crippen MR) is 56.8 cm³/mol. The standard InChI is InChI=1S/C9H19N3O3/c1-7(2)15-6-9(13)12(3)5-4-8(10)11-14/h7,14H,4-6H2,1-3H3,(H2,10,11). The third kappa shape index (κ3) is 6.73. The van der Waals surface area contributed by atoms with E-state index >= 15 is 0 Å². The molecule has 0 aliphatic rings. The van der Waals surface area contributed by atoms with Crippen molar-refractivity contribution < 1.29 is 14.7 Å². The van der Waals surface area contributed by atoms with Gasteiger partial charge in [0.25, 0.3) is 0 Å². The lowest BCUT2D eigenvalue weighted by Crippen LogP contribution is -2.33. The summed E-state index contributed by atoms with van der Waals surface area (Å²) in [6, 6.07) is 0. The van der Waals surface area contributed by atoms with E-state index in [-0.39, 0.29) is 24.5 Å². The minimum atomic E-state index is -0.116. The number of hydrogen-bond donors (Lipinski definition) is 2. The maximum atomic E-state index is 11.4. The van der Waals surface area contributed by atoms with E-state index < -0.39 is 0 Å². The van der Waals surface area contributed by atoms with Gasteiger partial charge >= 0.3 is 0 Å². The summed E-state index contributed by atoms with van der Waals surface area (Å²) in [6.07, 6.45) is 0.381. The quantitative estimate of drug-likeness (QED) is 0.284. The van der Waals surface area contributed by atoms with Gasteiger partial charge in [0.05, 0.1) is 6.10 Å². The summed E-state index contributed by atoms with van der Waals surface area (Å²) in [6.45, 7) is 4.20. The van der Waals surface area contributed by atoms with E-state index in [9.17, 15) is 4.79 Å². The minimum absolute atomic E-state index is 0.0337.